The molecule has 2 atom stereocenters. The summed E-state index contributed by atoms with van der Waals surface area (Å²) in [5.41, 5.74) is 0. The summed E-state index contributed by atoms with van der Waals surface area (Å²) in [6, 6.07) is 0. The van der Waals surface area contributed by atoms with Gasteiger partial charge in [0.15, 0.2) is 0 Å². The van der Waals surface area contributed by atoms with Crippen LogP contribution in [-0.2, 0) is 14.3 Å². The summed E-state index contributed by atoms with van der Waals surface area (Å²) in [5, 5.41) is 17.0. The van der Waals surface area contributed by atoms with Gasteiger partial charge in [0.05, 0.1) is 18.4 Å². The van der Waals surface area contributed by atoms with Crippen LogP contribution in [0.2, 0.25) is 0 Å². The van der Waals surface area contributed by atoms with Gasteiger partial charge in [-0.2, -0.15) is 0 Å². The van der Waals surface area contributed by atoms with Gasteiger partial charge in [0.2, 0.25) is 0 Å². The van der Waals surface area contributed by atoms with Crippen molar-refractivity contribution in [3.8, 4) is 0 Å². The molecule has 0 aromatic carbocycles. The highest BCUT2D eigenvalue weighted by molar-refractivity contribution is 5.73. The molecule has 0 aliphatic heterocycles. The van der Waals surface area contributed by atoms with E-state index in [0.29, 0.717) is 0 Å². The van der Waals surface area contributed by atoms with Crippen LogP contribution >= 0.6 is 0 Å². The summed E-state index contributed by atoms with van der Waals surface area (Å²) >= 11 is 0. The van der Waals surface area contributed by atoms with Crippen molar-refractivity contribution in [3.63, 3.8) is 0 Å². The first-order chi connectivity index (χ1) is 5.99. The Morgan fingerprint density at radius 3 is 2.23 bits per heavy atom. The van der Waals surface area contributed by atoms with Crippen molar-refractivity contribution in [2.24, 2.45) is 11.8 Å². The van der Waals surface area contributed by atoms with E-state index in [2.05, 4.69) is 4.74 Å². The van der Waals surface area contributed by atoms with Crippen molar-refractivity contribution in [1.29, 1.82) is 0 Å². The number of carbonyl (C=O) groups is 2. The molecule has 0 fully saturated rings. The van der Waals surface area contributed by atoms with Crippen LogP contribution in [0.5, 0.6) is 0 Å². The second-order valence-corrected chi connectivity index (χ2v) is 2.95. The predicted molar refractivity (Wildman–Crippen MR) is 44.0 cm³/mol. The van der Waals surface area contributed by atoms with Crippen LogP contribution < -0.4 is 0 Å². The number of aliphatic carboxylic acids is 1. The lowest BCUT2D eigenvalue weighted by atomic mass is 10.2. The summed E-state index contributed by atoms with van der Waals surface area (Å²) in [7, 11) is 0. The lowest BCUT2D eigenvalue weighted by Crippen LogP contribution is -2.23. The molecule has 0 aliphatic carbocycles. The van der Waals surface area contributed by atoms with E-state index in [1.54, 1.807) is 0 Å². The van der Waals surface area contributed by atoms with Crippen LogP contribution in [-0.4, -0.2) is 35.4 Å². The number of hydrogen-bond acceptors (Lipinski definition) is 4. The molecule has 0 radical (unpaired) electrons. The summed E-state index contributed by atoms with van der Waals surface area (Å²) in [6.45, 7) is 2.51. The van der Waals surface area contributed by atoms with Gasteiger partial charge in [0, 0.05) is 0 Å². The summed E-state index contributed by atoms with van der Waals surface area (Å²) < 4.78 is 4.64. The molecule has 5 heteroatoms. The lowest BCUT2D eigenvalue weighted by Gasteiger charge is -2.10. The van der Waals surface area contributed by atoms with E-state index >= 15 is 0 Å². The minimum Gasteiger partial charge on any atom is -0.481 e. The van der Waals surface area contributed by atoms with Crippen molar-refractivity contribution in [2.75, 3.05) is 13.2 Å². The summed E-state index contributed by atoms with van der Waals surface area (Å²) in [5.74, 6) is -2.89. The zero-order valence-electron chi connectivity index (χ0n) is 7.69. The van der Waals surface area contributed by atoms with E-state index in [1.165, 1.54) is 13.8 Å². The van der Waals surface area contributed by atoms with Gasteiger partial charge >= 0.3 is 11.9 Å². The molecule has 0 rings (SSSR count). The maximum Gasteiger partial charge on any atom is 0.311 e. The zero-order valence-corrected chi connectivity index (χ0v) is 7.69. The Kier molecular flexibility index (Phi) is 5.06. The van der Waals surface area contributed by atoms with E-state index in [1.807, 2.05) is 0 Å². The number of carboxylic acid groups (broad SMARTS) is 1. The molecule has 0 aromatic rings. The number of ether oxygens (including phenoxy) is 1. The van der Waals surface area contributed by atoms with Gasteiger partial charge in [0.1, 0.15) is 6.61 Å². The fourth-order valence-electron chi connectivity index (χ4n) is 0.495. The van der Waals surface area contributed by atoms with Crippen LogP contribution in [0.4, 0.5) is 0 Å². The van der Waals surface area contributed by atoms with Gasteiger partial charge < -0.3 is 14.9 Å². The number of rotatable bonds is 5. The topological polar surface area (TPSA) is 83.8 Å². The Morgan fingerprint density at radius 1 is 1.31 bits per heavy atom. The Hall–Kier alpha value is -1.10. The average molecular weight is 190 g/mol. The first-order valence-corrected chi connectivity index (χ1v) is 3.99. The molecule has 0 amide bonds. The monoisotopic (exact) mass is 190 g/mol. The van der Waals surface area contributed by atoms with E-state index in [-0.39, 0.29) is 13.2 Å². The van der Waals surface area contributed by atoms with E-state index < -0.39 is 23.8 Å². The van der Waals surface area contributed by atoms with Crippen molar-refractivity contribution >= 4 is 11.9 Å². The molecule has 0 saturated carbocycles. The molecule has 0 saturated heterocycles. The number of hydrogen-bond donors (Lipinski definition) is 2. The third kappa shape index (κ3) is 4.47. The third-order valence-corrected chi connectivity index (χ3v) is 1.57. The fraction of sp³-hybridized carbons (Fsp3) is 0.750. The van der Waals surface area contributed by atoms with Crippen molar-refractivity contribution in [3.05, 3.63) is 0 Å². The molecular formula is C8H14O5. The molecule has 0 aromatic heterocycles. The molecule has 0 bridgehead atoms. The van der Waals surface area contributed by atoms with Crippen LogP contribution in [0.3, 0.4) is 0 Å². The highest BCUT2D eigenvalue weighted by Gasteiger charge is 2.17. The van der Waals surface area contributed by atoms with E-state index in [0.717, 1.165) is 0 Å². The van der Waals surface area contributed by atoms with E-state index in [4.69, 9.17) is 10.2 Å². The summed E-state index contributed by atoms with van der Waals surface area (Å²) in [4.78, 5) is 21.2. The first kappa shape index (κ1) is 11.9. The Morgan fingerprint density at radius 2 is 1.85 bits per heavy atom. The highest BCUT2D eigenvalue weighted by Crippen LogP contribution is 2.01. The van der Waals surface area contributed by atoms with Gasteiger partial charge in [-0.25, -0.2) is 0 Å². The van der Waals surface area contributed by atoms with Crippen molar-refractivity contribution < 1.29 is 24.5 Å². The maximum atomic E-state index is 10.9. The average Bonchev–Trinajstić information content (AvgIpc) is 2.11. The van der Waals surface area contributed by atoms with Gasteiger partial charge in [-0.15, -0.1) is 0 Å². The zero-order chi connectivity index (χ0) is 10.4. The summed E-state index contributed by atoms with van der Waals surface area (Å²) in [6.07, 6.45) is 0. The van der Waals surface area contributed by atoms with Crippen LogP contribution in [0.15, 0.2) is 0 Å². The minimum absolute atomic E-state index is 0.154. The fourth-order valence-corrected chi connectivity index (χ4v) is 0.495. The molecule has 13 heavy (non-hydrogen) atoms. The molecule has 0 unspecified atom stereocenters. The Balaban J connectivity index is 3.76. The largest absolute Gasteiger partial charge is 0.481 e. The first-order valence-electron chi connectivity index (χ1n) is 3.99. The highest BCUT2D eigenvalue weighted by atomic mass is 16.5. The second-order valence-electron chi connectivity index (χ2n) is 2.95. The van der Waals surface area contributed by atoms with Gasteiger partial charge in [-0.05, 0) is 13.8 Å². The minimum atomic E-state index is -1.01. The number of esters is 1. The van der Waals surface area contributed by atoms with Crippen LogP contribution in [0.1, 0.15) is 13.8 Å². The molecule has 0 spiro atoms. The van der Waals surface area contributed by atoms with Gasteiger partial charge in [0.25, 0.3) is 0 Å². The molecule has 0 aliphatic rings. The molecular weight excluding hydrogens is 176 g/mol. The number of carbonyl (C=O) groups excluding carboxylic acids is 1. The molecule has 76 valence electrons. The molecule has 2 N–H and O–H groups in total. The van der Waals surface area contributed by atoms with Crippen LogP contribution in [0, 0.1) is 11.8 Å². The lowest BCUT2D eigenvalue weighted by molar-refractivity contribution is -0.154. The number of aliphatic hydroxyl groups excluding tert-OH is 1. The second kappa shape index (κ2) is 5.53. The standard InChI is InChI=1S/C8H14O5/c1-5(3-9)8(12)13-4-6(2)7(10)11/h5-6,9H,3-4H2,1-2H3,(H,10,11)/t5-,6-/m0/s1. The Bertz CT molecular complexity index is 189. The van der Waals surface area contributed by atoms with Crippen molar-refractivity contribution in [1.82, 2.24) is 0 Å². The van der Waals surface area contributed by atoms with Crippen LogP contribution in [0.25, 0.3) is 0 Å². The quantitative estimate of drug-likeness (QED) is 0.590. The predicted octanol–water partition coefficient (Wildman–Crippen LogP) is -0.121. The Labute approximate surface area is 76.3 Å². The normalized spacial score (nSPS) is 14.7. The molecule has 5 nitrogen and oxygen atoms in total. The molecule has 0 heterocycles. The van der Waals surface area contributed by atoms with E-state index in [9.17, 15) is 9.59 Å². The van der Waals surface area contributed by atoms with Gasteiger partial charge in [-0.3, -0.25) is 9.59 Å². The maximum absolute atomic E-state index is 10.9. The third-order valence-electron chi connectivity index (χ3n) is 1.57. The van der Waals surface area contributed by atoms with Crippen molar-refractivity contribution in [2.45, 2.75) is 13.8 Å². The SMILES string of the molecule is C[C@@H](COC(=O)[C@@H](C)CO)C(=O)O. The van der Waals surface area contributed by atoms with Gasteiger partial charge in [-0.1, -0.05) is 0 Å². The number of carboxylic acids is 1. The smallest absolute Gasteiger partial charge is 0.311 e. The number of aliphatic hydroxyl groups is 1.